The third-order valence-electron chi connectivity index (χ3n) is 1.27. The molecule has 0 fully saturated rings. The zero-order valence-electron chi connectivity index (χ0n) is 5.64. The lowest BCUT2D eigenvalue weighted by Gasteiger charge is -2.00. The van der Waals surface area contributed by atoms with Crippen molar-refractivity contribution in [2.24, 2.45) is 0 Å². The molecule has 0 spiro atoms. The quantitative estimate of drug-likeness (QED) is 0.781. The van der Waals surface area contributed by atoms with Gasteiger partial charge >= 0.3 is 5.97 Å². The van der Waals surface area contributed by atoms with Gasteiger partial charge in [0.15, 0.2) is 0 Å². The maximum atomic E-state index is 12.7. The number of carboxylic acids is 1. The number of rotatable bonds is 1. The molecule has 0 aliphatic carbocycles. The lowest BCUT2D eigenvalue weighted by molar-refractivity contribution is 0.0697. The predicted octanol–water partition coefficient (Wildman–Crippen LogP) is 2.94. The smallest absolute Gasteiger partial charge is 0.337 e. The van der Waals surface area contributed by atoms with Crippen LogP contribution < -0.4 is 0 Å². The summed E-state index contributed by atoms with van der Waals surface area (Å²) in [4.78, 5) is 10.5. The highest BCUT2D eigenvalue weighted by Gasteiger charge is 2.13. The molecule has 0 bridgehead atoms. The molecule has 0 amide bonds. The first kappa shape index (κ1) is 9.48. The Hall–Kier alpha value is -0.610. The summed E-state index contributed by atoms with van der Waals surface area (Å²) in [5.74, 6) is -1.76. The minimum absolute atomic E-state index is 0.0240. The van der Waals surface area contributed by atoms with Gasteiger partial charge in [-0.1, -0.05) is 11.6 Å². The molecule has 0 heterocycles. The molecule has 0 aliphatic rings. The summed E-state index contributed by atoms with van der Waals surface area (Å²) in [7, 11) is 0. The minimum Gasteiger partial charge on any atom is -0.478 e. The fourth-order valence-corrected chi connectivity index (χ4v) is 1.27. The number of carbonyl (C=O) groups is 1. The van der Waals surface area contributed by atoms with E-state index >= 15 is 0 Å². The molecule has 0 atom stereocenters. The van der Waals surface area contributed by atoms with Crippen molar-refractivity contribution < 1.29 is 14.3 Å². The van der Waals surface area contributed by atoms with Gasteiger partial charge in [-0.3, -0.25) is 0 Å². The zero-order chi connectivity index (χ0) is 9.30. The molecule has 0 radical (unpaired) electrons. The zero-order valence-corrected chi connectivity index (χ0v) is 7.99. The Morgan fingerprint density at radius 1 is 1.58 bits per heavy atom. The topological polar surface area (TPSA) is 37.3 Å². The highest BCUT2D eigenvalue weighted by atomic mass is 79.9. The van der Waals surface area contributed by atoms with E-state index in [-0.39, 0.29) is 15.1 Å². The van der Waals surface area contributed by atoms with Crippen LogP contribution in [0, 0.1) is 5.82 Å². The third-order valence-corrected chi connectivity index (χ3v) is 2.66. The van der Waals surface area contributed by atoms with Crippen LogP contribution in [0.4, 0.5) is 4.39 Å². The molecule has 0 unspecified atom stereocenters. The highest BCUT2D eigenvalue weighted by Crippen LogP contribution is 2.28. The number of hydrogen-bond acceptors (Lipinski definition) is 1. The SMILES string of the molecule is O=C(O)c1ccc(F)c(Br)c1Cl. The summed E-state index contributed by atoms with van der Waals surface area (Å²) in [6.45, 7) is 0. The molecule has 12 heavy (non-hydrogen) atoms. The Morgan fingerprint density at radius 3 is 2.67 bits per heavy atom. The first-order chi connectivity index (χ1) is 5.54. The van der Waals surface area contributed by atoms with Gasteiger partial charge in [-0.2, -0.15) is 0 Å². The van der Waals surface area contributed by atoms with Gasteiger partial charge < -0.3 is 5.11 Å². The minimum atomic E-state index is -1.18. The molecule has 0 aromatic heterocycles. The van der Waals surface area contributed by atoms with Crippen molar-refractivity contribution in [1.29, 1.82) is 0 Å². The van der Waals surface area contributed by atoms with Crippen LogP contribution in [0.5, 0.6) is 0 Å². The maximum Gasteiger partial charge on any atom is 0.337 e. The average Bonchev–Trinajstić information content (AvgIpc) is 2.00. The van der Waals surface area contributed by atoms with E-state index in [1.807, 2.05) is 0 Å². The van der Waals surface area contributed by atoms with Crippen LogP contribution in [-0.2, 0) is 0 Å². The van der Waals surface area contributed by atoms with Crippen molar-refractivity contribution >= 4 is 33.5 Å². The van der Waals surface area contributed by atoms with Crippen LogP contribution in [-0.4, -0.2) is 11.1 Å². The fourth-order valence-electron chi connectivity index (χ4n) is 0.691. The molecule has 0 saturated heterocycles. The lowest BCUT2D eigenvalue weighted by Crippen LogP contribution is -1.98. The van der Waals surface area contributed by atoms with E-state index in [0.29, 0.717) is 0 Å². The third kappa shape index (κ3) is 1.59. The van der Waals surface area contributed by atoms with Crippen molar-refractivity contribution in [3.05, 3.63) is 33.0 Å². The molecule has 1 aromatic rings. The molecule has 5 heteroatoms. The largest absolute Gasteiger partial charge is 0.478 e. The summed E-state index contributed by atoms with van der Waals surface area (Å²) in [5, 5.41) is 8.43. The van der Waals surface area contributed by atoms with E-state index in [1.54, 1.807) is 0 Å². The van der Waals surface area contributed by atoms with Crippen molar-refractivity contribution in [1.82, 2.24) is 0 Å². The van der Waals surface area contributed by atoms with Gasteiger partial charge in [0.1, 0.15) is 5.82 Å². The average molecular weight is 253 g/mol. The van der Waals surface area contributed by atoms with Gasteiger partial charge in [0.2, 0.25) is 0 Å². The van der Waals surface area contributed by atoms with Crippen molar-refractivity contribution in [2.75, 3.05) is 0 Å². The molecule has 1 N–H and O–H groups in total. The second-order valence-corrected chi connectivity index (χ2v) is 3.20. The highest BCUT2D eigenvalue weighted by molar-refractivity contribution is 9.10. The van der Waals surface area contributed by atoms with E-state index < -0.39 is 11.8 Å². The summed E-state index contributed by atoms with van der Waals surface area (Å²) in [6, 6.07) is 2.16. The van der Waals surface area contributed by atoms with Crippen LogP contribution in [0.1, 0.15) is 10.4 Å². The van der Waals surface area contributed by atoms with Crippen LogP contribution >= 0.6 is 27.5 Å². The van der Waals surface area contributed by atoms with Crippen molar-refractivity contribution in [2.45, 2.75) is 0 Å². The van der Waals surface area contributed by atoms with E-state index in [0.717, 1.165) is 12.1 Å². The maximum absolute atomic E-state index is 12.7. The normalized spacial score (nSPS) is 9.92. The van der Waals surface area contributed by atoms with Gasteiger partial charge in [0.25, 0.3) is 0 Å². The van der Waals surface area contributed by atoms with E-state index in [1.165, 1.54) is 0 Å². The number of carboxylic acid groups (broad SMARTS) is 1. The van der Waals surface area contributed by atoms with Crippen molar-refractivity contribution in [3.63, 3.8) is 0 Å². The number of hydrogen-bond donors (Lipinski definition) is 1. The molecular weight excluding hydrogens is 250 g/mol. The first-order valence-corrected chi connectivity index (χ1v) is 4.08. The Bertz CT molecular complexity index is 340. The first-order valence-electron chi connectivity index (χ1n) is 2.91. The van der Waals surface area contributed by atoms with Gasteiger partial charge in [-0.05, 0) is 28.1 Å². The van der Waals surface area contributed by atoms with Gasteiger partial charge in [-0.25, -0.2) is 9.18 Å². The number of benzene rings is 1. The predicted molar refractivity (Wildman–Crippen MR) is 46.1 cm³/mol. The second kappa shape index (κ2) is 3.41. The fraction of sp³-hybridized carbons (Fsp3) is 0. The van der Waals surface area contributed by atoms with Crippen LogP contribution in [0.2, 0.25) is 5.02 Å². The Kier molecular flexibility index (Phi) is 2.69. The molecule has 0 aliphatic heterocycles. The molecule has 2 nitrogen and oxygen atoms in total. The summed E-state index contributed by atoms with van der Waals surface area (Å²) in [5.41, 5.74) is -0.120. The molecule has 64 valence electrons. The molecular formula is C7H3BrClFO2. The molecule has 1 aromatic carbocycles. The van der Waals surface area contributed by atoms with Gasteiger partial charge in [-0.15, -0.1) is 0 Å². The van der Waals surface area contributed by atoms with Crippen LogP contribution in [0.15, 0.2) is 16.6 Å². The Labute approximate surface area is 81.1 Å². The van der Waals surface area contributed by atoms with Gasteiger partial charge in [0, 0.05) is 0 Å². The second-order valence-electron chi connectivity index (χ2n) is 2.03. The molecule has 1 rings (SSSR count). The standard InChI is InChI=1S/C7H3BrClFO2/c8-5-4(10)2-1-3(6(5)9)7(11)12/h1-2H,(H,11,12). The summed E-state index contributed by atoms with van der Waals surface area (Å²) >= 11 is 8.35. The lowest BCUT2D eigenvalue weighted by atomic mass is 10.2. The van der Waals surface area contributed by atoms with Gasteiger partial charge in [0.05, 0.1) is 15.1 Å². The summed E-state index contributed by atoms with van der Waals surface area (Å²) < 4.78 is 12.7. The summed E-state index contributed by atoms with van der Waals surface area (Å²) in [6.07, 6.45) is 0. The number of aromatic carboxylic acids is 1. The van der Waals surface area contributed by atoms with Crippen LogP contribution in [0.25, 0.3) is 0 Å². The molecule has 0 saturated carbocycles. The monoisotopic (exact) mass is 252 g/mol. The van der Waals surface area contributed by atoms with E-state index in [2.05, 4.69) is 15.9 Å². The van der Waals surface area contributed by atoms with E-state index in [9.17, 15) is 9.18 Å². The van der Waals surface area contributed by atoms with Crippen molar-refractivity contribution in [3.8, 4) is 0 Å². The Balaban J connectivity index is 3.36. The van der Waals surface area contributed by atoms with Crippen LogP contribution in [0.3, 0.4) is 0 Å². The Morgan fingerprint density at radius 2 is 2.17 bits per heavy atom. The number of halogens is 3. The van der Waals surface area contributed by atoms with E-state index in [4.69, 9.17) is 16.7 Å².